The average molecular weight is 337 g/mol. The van der Waals surface area contributed by atoms with Gasteiger partial charge in [0.25, 0.3) is 0 Å². The first-order valence-electron chi connectivity index (χ1n) is 8.45. The Labute approximate surface area is 150 Å². The van der Waals surface area contributed by atoms with E-state index in [0.29, 0.717) is 0 Å². The fraction of sp³-hybridized carbons (Fsp3) is 0. The minimum atomic E-state index is 0.248. The lowest BCUT2D eigenvalue weighted by molar-refractivity contribution is 0.478. The van der Waals surface area contributed by atoms with E-state index >= 15 is 0 Å². The number of hydrogen-bond donors (Lipinski definition) is 1. The van der Waals surface area contributed by atoms with E-state index in [4.69, 9.17) is 4.42 Å². The Morgan fingerprint density at radius 1 is 0.692 bits per heavy atom. The molecule has 0 unspecified atom stereocenters. The zero-order valence-electron chi connectivity index (χ0n) is 13.9. The number of benzene rings is 3. The zero-order chi connectivity index (χ0) is 17.5. The van der Waals surface area contributed by atoms with Gasteiger partial charge in [0.2, 0.25) is 0 Å². The lowest BCUT2D eigenvalue weighted by Gasteiger charge is -2.08. The van der Waals surface area contributed by atoms with Crippen LogP contribution in [0.5, 0.6) is 5.75 Å². The second-order valence-corrected chi connectivity index (χ2v) is 6.25. The molecule has 0 fully saturated rings. The molecule has 0 amide bonds. The van der Waals surface area contributed by atoms with Gasteiger partial charge in [-0.05, 0) is 41.0 Å². The van der Waals surface area contributed by atoms with Crippen LogP contribution >= 0.6 is 0 Å². The number of hydrogen-bond acceptors (Lipinski definition) is 3. The number of furan rings is 1. The van der Waals surface area contributed by atoms with Crippen LogP contribution in [0.15, 0.2) is 89.6 Å². The summed E-state index contributed by atoms with van der Waals surface area (Å²) in [7, 11) is 0. The van der Waals surface area contributed by atoms with Crippen LogP contribution in [0.3, 0.4) is 0 Å². The molecule has 3 heteroatoms. The fourth-order valence-corrected chi connectivity index (χ4v) is 3.46. The normalized spacial score (nSPS) is 11.2. The third kappa shape index (κ3) is 2.25. The van der Waals surface area contributed by atoms with E-state index in [1.54, 1.807) is 12.3 Å². The predicted molar refractivity (Wildman–Crippen MR) is 104 cm³/mol. The molecule has 0 spiro atoms. The first kappa shape index (κ1) is 14.7. The molecule has 3 aromatic carbocycles. The molecular weight excluding hydrogens is 322 g/mol. The van der Waals surface area contributed by atoms with E-state index in [0.717, 1.165) is 44.2 Å². The summed E-state index contributed by atoms with van der Waals surface area (Å²) in [6.07, 6.45) is 3.61. The van der Waals surface area contributed by atoms with Crippen LogP contribution in [0.25, 0.3) is 44.2 Å². The second-order valence-electron chi connectivity index (χ2n) is 6.25. The Balaban J connectivity index is 1.73. The molecule has 5 rings (SSSR count). The molecule has 0 radical (unpaired) electrons. The number of para-hydroxylation sites is 1. The molecule has 1 N–H and O–H groups in total. The zero-order valence-corrected chi connectivity index (χ0v) is 13.9. The minimum Gasteiger partial charge on any atom is -0.507 e. The number of phenolic OH excluding ortho intramolecular Hbond substituents is 1. The Hall–Kier alpha value is -3.59. The maximum Gasteiger partial charge on any atom is 0.136 e. The largest absolute Gasteiger partial charge is 0.507 e. The van der Waals surface area contributed by atoms with Crippen molar-refractivity contribution in [3.8, 4) is 28.0 Å². The first-order valence-corrected chi connectivity index (χ1v) is 8.45. The standard InChI is InChI=1S/C23H15NO2/c25-19-11-12-21-23(18-5-1-2-6-20(18)26-21)22(19)16-9-7-15(8-10-16)17-4-3-13-24-14-17/h1-14,25H. The van der Waals surface area contributed by atoms with Crippen LogP contribution in [-0.2, 0) is 0 Å². The fourth-order valence-electron chi connectivity index (χ4n) is 3.46. The molecule has 5 aromatic rings. The van der Waals surface area contributed by atoms with Crippen molar-refractivity contribution in [2.24, 2.45) is 0 Å². The molecule has 2 aromatic heterocycles. The molecule has 0 atom stereocenters. The van der Waals surface area contributed by atoms with Crippen molar-refractivity contribution in [3.05, 3.63) is 85.2 Å². The molecule has 0 saturated heterocycles. The molecular formula is C23H15NO2. The number of fused-ring (bicyclic) bond motifs is 3. The quantitative estimate of drug-likeness (QED) is 0.428. The number of aromatic hydroxyl groups is 1. The van der Waals surface area contributed by atoms with Gasteiger partial charge in [0.1, 0.15) is 16.9 Å². The highest BCUT2D eigenvalue weighted by Gasteiger charge is 2.16. The van der Waals surface area contributed by atoms with Crippen molar-refractivity contribution in [2.45, 2.75) is 0 Å². The lowest BCUT2D eigenvalue weighted by Crippen LogP contribution is -1.83. The summed E-state index contributed by atoms with van der Waals surface area (Å²) in [4.78, 5) is 4.17. The van der Waals surface area contributed by atoms with Crippen LogP contribution in [-0.4, -0.2) is 10.1 Å². The molecule has 0 aliphatic heterocycles. The molecule has 0 aliphatic rings. The van der Waals surface area contributed by atoms with Crippen LogP contribution in [0.1, 0.15) is 0 Å². The Bertz CT molecular complexity index is 1220. The van der Waals surface area contributed by atoms with Gasteiger partial charge in [-0.15, -0.1) is 0 Å². The van der Waals surface area contributed by atoms with Crippen molar-refractivity contribution in [2.75, 3.05) is 0 Å². The van der Waals surface area contributed by atoms with E-state index in [-0.39, 0.29) is 5.75 Å². The number of phenols is 1. The van der Waals surface area contributed by atoms with Crippen molar-refractivity contribution in [3.63, 3.8) is 0 Å². The SMILES string of the molecule is Oc1ccc2oc3ccccc3c2c1-c1ccc(-c2cccnc2)cc1. The second kappa shape index (κ2) is 5.74. The third-order valence-electron chi connectivity index (χ3n) is 4.69. The van der Waals surface area contributed by atoms with E-state index in [1.165, 1.54) is 0 Å². The van der Waals surface area contributed by atoms with E-state index in [2.05, 4.69) is 4.98 Å². The molecule has 2 heterocycles. The summed E-state index contributed by atoms with van der Waals surface area (Å²) >= 11 is 0. The molecule has 124 valence electrons. The molecule has 26 heavy (non-hydrogen) atoms. The monoisotopic (exact) mass is 337 g/mol. The van der Waals surface area contributed by atoms with Crippen LogP contribution in [0, 0.1) is 0 Å². The predicted octanol–water partition coefficient (Wildman–Crippen LogP) is 6.02. The van der Waals surface area contributed by atoms with E-state index in [9.17, 15) is 5.11 Å². The smallest absolute Gasteiger partial charge is 0.136 e. The Morgan fingerprint density at radius 3 is 2.31 bits per heavy atom. The van der Waals surface area contributed by atoms with E-state index in [1.807, 2.05) is 72.9 Å². The minimum absolute atomic E-state index is 0.248. The van der Waals surface area contributed by atoms with Gasteiger partial charge < -0.3 is 9.52 Å². The summed E-state index contributed by atoms with van der Waals surface area (Å²) in [5, 5.41) is 12.5. The number of aromatic nitrogens is 1. The number of pyridine rings is 1. The number of rotatable bonds is 2. The van der Waals surface area contributed by atoms with Crippen molar-refractivity contribution >= 4 is 21.9 Å². The van der Waals surface area contributed by atoms with Gasteiger partial charge in [-0.2, -0.15) is 0 Å². The topological polar surface area (TPSA) is 46.3 Å². The van der Waals surface area contributed by atoms with Gasteiger partial charge in [0, 0.05) is 28.7 Å². The first-order chi connectivity index (χ1) is 12.8. The van der Waals surface area contributed by atoms with Crippen LogP contribution in [0.2, 0.25) is 0 Å². The van der Waals surface area contributed by atoms with Gasteiger partial charge in [0.15, 0.2) is 0 Å². The Kier molecular flexibility index (Phi) is 3.25. The summed E-state index contributed by atoms with van der Waals surface area (Å²) in [5.74, 6) is 0.248. The van der Waals surface area contributed by atoms with E-state index < -0.39 is 0 Å². The van der Waals surface area contributed by atoms with Gasteiger partial charge in [0.05, 0.1) is 0 Å². The summed E-state index contributed by atoms with van der Waals surface area (Å²) in [5.41, 5.74) is 5.50. The number of nitrogens with zero attached hydrogens (tertiary/aromatic N) is 1. The summed E-state index contributed by atoms with van der Waals surface area (Å²) in [6, 6.07) is 23.5. The van der Waals surface area contributed by atoms with Gasteiger partial charge in [-0.1, -0.05) is 48.5 Å². The average Bonchev–Trinajstić information content (AvgIpc) is 3.08. The highest BCUT2D eigenvalue weighted by molar-refractivity contribution is 6.13. The molecule has 0 aliphatic carbocycles. The highest BCUT2D eigenvalue weighted by Crippen LogP contribution is 2.41. The molecule has 0 bridgehead atoms. The van der Waals surface area contributed by atoms with Crippen molar-refractivity contribution < 1.29 is 9.52 Å². The van der Waals surface area contributed by atoms with Crippen LogP contribution < -0.4 is 0 Å². The summed E-state index contributed by atoms with van der Waals surface area (Å²) in [6.45, 7) is 0. The van der Waals surface area contributed by atoms with Gasteiger partial charge in [-0.3, -0.25) is 4.98 Å². The van der Waals surface area contributed by atoms with Crippen LogP contribution in [0.4, 0.5) is 0 Å². The highest BCUT2D eigenvalue weighted by atomic mass is 16.3. The summed E-state index contributed by atoms with van der Waals surface area (Å²) < 4.78 is 5.94. The lowest BCUT2D eigenvalue weighted by atomic mass is 9.96. The van der Waals surface area contributed by atoms with Gasteiger partial charge >= 0.3 is 0 Å². The van der Waals surface area contributed by atoms with Crippen molar-refractivity contribution in [1.82, 2.24) is 4.98 Å². The molecule has 0 saturated carbocycles. The van der Waals surface area contributed by atoms with Crippen molar-refractivity contribution in [1.29, 1.82) is 0 Å². The van der Waals surface area contributed by atoms with Gasteiger partial charge in [-0.25, -0.2) is 0 Å². The third-order valence-corrected chi connectivity index (χ3v) is 4.69. The molecule has 3 nitrogen and oxygen atoms in total. The maximum absolute atomic E-state index is 10.6. The Morgan fingerprint density at radius 2 is 1.50 bits per heavy atom. The maximum atomic E-state index is 10.6.